The van der Waals surface area contributed by atoms with Gasteiger partial charge >= 0.3 is 0 Å². The van der Waals surface area contributed by atoms with E-state index in [1.165, 1.54) is 18.2 Å². The number of benzene rings is 2. The average molecular weight is 280 g/mol. The van der Waals surface area contributed by atoms with E-state index in [0.717, 1.165) is 6.07 Å². The van der Waals surface area contributed by atoms with Crippen molar-refractivity contribution in [2.45, 2.75) is 11.8 Å². The number of nitrogen functional groups attached to an aromatic ring is 1. The monoisotopic (exact) mass is 280 g/mol. The molecule has 0 aromatic heterocycles. The summed E-state index contributed by atoms with van der Waals surface area (Å²) < 4.78 is 40.1. The highest BCUT2D eigenvalue weighted by Crippen LogP contribution is 2.26. The molecule has 0 aliphatic rings. The summed E-state index contributed by atoms with van der Waals surface area (Å²) in [4.78, 5) is -0.405. The molecule has 0 aliphatic heterocycles. The molecule has 0 amide bonds. The lowest BCUT2D eigenvalue weighted by atomic mass is 10.2. The third-order valence-electron chi connectivity index (χ3n) is 2.67. The highest BCUT2D eigenvalue weighted by molar-refractivity contribution is 7.92. The van der Waals surface area contributed by atoms with Crippen molar-refractivity contribution in [1.29, 1.82) is 0 Å². The molecular weight excluding hydrogens is 267 g/mol. The molecule has 0 saturated heterocycles. The molecule has 2 aromatic carbocycles. The van der Waals surface area contributed by atoms with Crippen LogP contribution in [0.15, 0.2) is 47.4 Å². The van der Waals surface area contributed by atoms with Gasteiger partial charge in [-0.25, -0.2) is 12.8 Å². The van der Waals surface area contributed by atoms with Crippen molar-refractivity contribution in [3.05, 3.63) is 53.8 Å². The normalized spacial score (nSPS) is 11.3. The predicted molar refractivity (Wildman–Crippen MR) is 72.8 cm³/mol. The van der Waals surface area contributed by atoms with E-state index in [1.54, 1.807) is 25.1 Å². The van der Waals surface area contributed by atoms with Gasteiger partial charge in [-0.1, -0.05) is 24.3 Å². The van der Waals surface area contributed by atoms with E-state index in [1.807, 2.05) is 0 Å². The van der Waals surface area contributed by atoms with Crippen molar-refractivity contribution in [2.75, 3.05) is 10.5 Å². The van der Waals surface area contributed by atoms with Gasteiger partial charge in [-0.2, -0.15) is 0 Å². The number of sulfonamides is 1. The van der Waals surface area contributed by atoms with Crippen LogP contribution >= 0.6 is 0 Å². The number of nitrogens with one attached hydrogen (secondary N) is 1. The van der Waals surface area contributed by atoms with Gasteiger partial charge in [0.1, 0.15) is 10.7 Å². The minimum absolute atomic E-state index is 0.269. The Morgan fingerprint density at radius 2 is 1.79 bits per heavy atom. The summed E-state index contributed by atoms with van der Waals surface area (Å²) in [7, 11) is -3.99. The highest BCUT2D eigenvalue weighted by Gasteiger charge is 2.20. The Balaban J connectivity index is 2.46. The van der Waals surface area contributed by atoms with Gasteiger partial charge in [0.05, 0.1) is 11.4 Å². The molecule has 0 saturated carbocycles. The van der Waals surface area contributed by atoms with Crippen molar-refractivity contribution in [1.82, 2.24) is 0 Å². The smallest absolute Gasteiger partial charge is 0.264 e. The molecule has 0 unspecified atom stereocenters. The van der Waals surface area contributed by atoms with Gasteiger partial charge in [0, 0.05) is 0 Å². The molecule has 0 radical (unpaired) electrons. The number of halogens is 1. The van der Waals surface area contributed by atoms with Gasteiger partial charge in [0.25, 0.3) is 10.0 Å². The van der Waals surface area contributed by atoms with Crippen LogP contribution in [0.2, 0.25) is 0 Å². The lowest BCUT2D eigenvalue weighted by molar-refractivity contribution is 0.570. The molecule has 2 aromatic rings. The van der Waals surface area contributed by atoms with Crippen molar-refractivity contribution in [3.63, 3.8) is 0 Å². The molecule has 2 rings (SSSR count). The Morgan fingerprint density at radius 1 is 1.11 bits per heavy atom. The van der Waals surface area contributed by atoms with E-state index in [9.17, 15) is 12.8 Å². The van der Waals surface area contributed by atoms with Gasteiger partial charge in [0.15, 0.2) is 0 Å². The van der Waals surface area contributed by atoms with E-state index in [-0.39, 0.29) is 5.69 Å². The molecule has 0 aliphatic carbocycles. The zero-order valence-electron chi connectivity index (χ0n) is 10.2. The summed E-state index contributed by atoms with van der Waals surface area (Å²) in [5.74, 6) is -0.804. The summed E-state index contributed by atoms with van der Waals surface area (Å²) >= 11 is 0. The quantitative estimate of drug-likeness (QED) is 0.848. The number of hydrogen-bond donors (Lipinski definition) is 2. The van der Waals surface area contributed by atoms with Crippen LogP contribution in [0.1, 0.15) is 5.56 Å². The Kier molecular flexibility index (Phi) is 3.44. The molecule has 100 valence electrons. The maximum atomic E-state index is 13.5. The molecule has 0 atom stereocenters. The van der Waals surface area contributed by atoms with Gasteiger partial charge < -0.3 is 5.73 Å². The number of nitrogens with two attached hydrogens (primary N) is 1. The zero-order valence-corrected chi connectivity index (χ0v) is 11.0. The van der Waals surface area contributed by atoms with Crippen LogP contribution in [0.4, 0.5) is 15.8 Å². The topological polar surface area (TPSA) is 72.2 Å². The van der Waals surface area contributed by atoms with Crippen LogP contribution in [0, 0.1) is 12.7 Å². The summed E-state index contributed by atoms with van der Waals surface area (Å²) in [5, 5.41) is 0. The third kappa shape index (κ3) is 2.68. The van der Waals surface area contributed by atoms with Gasteiger partial charge in [-0.15, -0.1) is 0 Å². The molecule has 0 heterocycles. The van der Waals surface area contributed by atoms with Gasteiger partial charge in [0.2, 0.25) is 0 Å². The van der Waals surface area contributed by atoms with E-state index in [0.29, 0.717) is 11.3 Å². The second-order valence-electron chi connectivity index (χ2n) is 4.08. The van der Waals surface area contributed by atoms with Crippen LogP contribution in [0.5, 0.6) is 0 Å². The van der Waals surface area contributed by atoms with E-state index in [4.69, 9.17) is 5.73 Å². The highest BCUT2D eigenvalue weighted by atomic mass is 32.2. The third-order valence-corrected chi connectivity index (χ3v) is 4.05. The molecule has 4 nitrogen and oxygen atoms in total. The van der Waals surface area contributed by atoms with Crippen molar-refractivity contribution in [2.24, 2.45) is 0 Å². The summed E-state index contributed by atoms with van der Waals surface area (Å²) in [6.45, 7) is 1.72. The Morgan fingerprint density at radius 3 is 2.42 bits per heavy atom. The minimum Gasteiger partial charge on any atom is -0.397 e. The van der Waals surface area contributed by atoms with Crippen LogP contribution in [0.25, 0.3) is 0 Å². The Labute approximate surface area is 111 Å². The summed E-state index contributed by atoms with van der Waals surface area (Å²) in [5.41, 5.74) is 6.95. The summed E-state index contributed by atoms with van der Waals surface area (Å²) in [6.07, 6.45) is 0. The molecule has 0 bridgehead atoms. The van der Waals surface area contributed by atoms with Crippen molar-refractivity contribution >= 4 is 21.4 Å². The number of anilines is 2. The molecule has 19 heavy (non-hydrogen) atoms. The first-order valence-electron chi connectivity index (χ1n) is 5.54. The van der Waals surface area contributed by atoms with E-state index < -0.39 is 20.7 Å². The van der Waals surface area contributed by atoms with Gasteiger partial charge in [-0.05, 0) is 30.7 Å². The first-order chi connectivity index (χ1) is 8.92. The standard InChI is InChI=1S/C13H13FN2O2S/c1-9-5-4-7-11(15)13(9)16-19(17,18)12-8-3-2-6-10(12)14/h2-8,16H,15H2,1H3. The van der Waals surface area contributed by atoms with Crippen LogP contribution < -0.4 is 10.5 Å². The average Bonchev–Trinajstić information content (AvgIpc) is 2.34. The summed E-state index contributed by atoms with van der Waals surface area (Å²) in [6, 6.07) is 10.2. The maximum Gasteiger partial charge on any atom is 0.264 e. The second kappa shape index (κ2) is 4.89. The van der Waals surface area contributed by atoms with Crippen LogP contribution in [-0.4, -0.2) is 8.42 Å². The molecule has 3 N–H and O–H groups in total. The fourth-order valence-electron chi connectivity index (χ4n) is 1.68. The zero-order chi connectivity index (χ0) is 14.0. The SMILES string of the molecule is Cc1cccc(N)c1NS(=O)(=O)c1ccccc1F. The van der Waals surface area contributed by atoms with E-state index >= 15 is 0 Å². The predicted octanol–water partition coefficient (Wildman–Crippen LogP) is 2.52. The number of para-hydroxylation sites is 1. The first-order valence-corrected chi connectivity index (χ1v) is 7.02. The van der Waals surface area contributed by atoms with Crippen molar-refractivity contribution in [3.8, 4) is 0 Å². The number of hydrogen-bond acceptors (Lipinski definition) is 3. The molecule has 0 spiro atoms. The lowest BCUT2D eigenvalue weighted by Crippen LogP contribution is -2.16. The van der Waals surface area contributed by atoms with E-state index in [2.05, 4.69) is 4.72 Å². The fraction of sp³-hybridized carbons (Fsp3) is 0.0769. The fourth-order valence-corrected chi connectivity index (χ4v) is 2.92. The minimum atomic E-state index is -3.99. The molecule has 6 heteroatoms. The number of rotatable bonds is 3. The Bertz CT molecular complexity index is 694. The van der Waals surface area contributed by atoms with Crippen LogP contribution in [0.3, 0.4) is 0 Å². The second-order valence-corrected chi connectivity index (χ2v) is 5.73. The largest absolute Gasteiger partial charge is 0.397 e. The van der Waals surface area contributed by atoms with Crippen LogP contribution in [-0.2, 0) is 10.0 Å². The van der Waals surface area contributed by atoms with Crippen molar-refractivity contribution < 1.29 is 12.8 Å². The first kappa shape index (κ1) is 13.4. The Hall–Kier alpha value is -2.08. The molecular formula is C13H13FN2O2S. The number of aryl methyl sites for hydroxylation is 1. The molecule has 0 fully saturated rings. The van der Waals surface area contributed by atoms with Gasteiger partial charge in [-0.3, -0.25) is 4.72 Å². The lowest BCUT2D eigenvalue weighted by Gasteiger charge is -2.13. The maximum absolute atomic E-state index is 13.5.